The van der Waals surface area contributed by atoms with Crippen LogP contribution in [0.15, 0.2) is 35.4 Å². The van der Waals surface area contributed by atoms with Crippen LogP contribution >= 0.6 is 11.6 Å². The van der Waals surface area contributed by atoms with E-state index in [0.29, 0.717) is 16.5 Å². The lowest BCUT2D eigenvalue weighted by Gasteiger charge is -2.28. The van der Waals surface area contributed by atoms with Crippen molar-refractivity contribution in [1.82, 2.24) is 5.32 Å². The molecule has 0 aromatic heterocycles. The average Bonchev–Trinajstić information content (AvgIpc) is 2.00. The Balaban J connectivity index is 2.61. The third-order valence-electron chi connectivity index (χ3n) is 2.03. The SMILES string of the molecule is C=C(C#N)/C=C(/Cl)C(=C)C1CNC1. The van der Waals surface area contributed by atoms with Gasteiger partial charge in [-0.05, 0) is 11.6 Å². The molecule has 0 aliphatic carbocycles. The van der Waals surface area contributed by atoms with E-state index in [-0.39, 0.29) is 0 Å². The summed E-state index contributed by atoms with van der Waals surface area (Å²) in [6.07, 6.45) is 1.56. The first-order valence-corrected chi connectivity index (χ1v) is 4.39. The number of halogens is 1. The molecule has 1 aliphatic rings. The number of nitrogens with one attached hydrogen (secondary N) is 1. The van der Waals surface area contributed by atoms with Gasteiger partial charge in [0.05, 0.1) is 6.07 Å². The van der Waals surface area contributed by atoms with Crippen LogP contribution in [-0.4, -0.2) is 13.1 Å². The van der Waals surface area contributed by atoms with Crippen LogP contribution in [0.1, 0.15) is 0 Å². The zero-order valence-corrected chi connectivity index (χ0v) is 8.06. The van der Waals surface area contributed by atoms with E-state index in [1.165, 1.54) is 0 Å². The highest BCUT2D eigenvalue weighted by Crippen LogP contribution is 2.24. The van der Waals surface area contributed by atoms with Crippen molar-refractivity contribution in [3.63, 3.8) is 0 Å². The van der Waals surface area contributed by atoms with Crippen LogP contribution in [0.2, 0.25) is 0 Å². The van der Waals surface area contributed by atoms with Gasteiger partial charge in [-0.2, -0.15) is 5.26 Å². The Hall–Kier alpha value is -1.04. The highest BCUT2D eigenvalue weighted by molar-refractivity contribution is 6.32. The van der Waals surface area contributed by atoms with Crippen LogP contribution in [0, 0.1) is 17.2 Å². The lowest BCUT2D eigenvalue weighted by Crippen LogP contribution is -2.42. The maximum atomic E-state index is 8.48. The summed E-state index contributed by atoms with van der Waals surface area (Å²) in [6, 6.07) is 1.91. The third-order valence-corrected chi connectivity index (χ3v) is 2.38. The first-order valence-electron chi connectivity index (χ1n) is 4.01. The summed E-state index contributed by atoms with van der Waals surface area (Å²) in [6.45, 7) is 9.23. The molecule has 68 valence electrons. The van der Waals surface area contributed by atoms with Gasteiger partial charge in [-0.3, -0.25) is 0 Å². The molecule has 1 saturated heterocycles. The van der Waals surface area contributed by atoms with Gasteiger partial charge in [-0.25, -0.2) is 0 Å². The van der Waals surface area contributed by atoms with Crippen molar-refractivity contribution in [2.24, 2.45) is 5.92 Å². The summed E-state index contributed by atoms with van der Waals surface area (Å²) in [5, 5.41) is 12.2. The normalized spacial score (nSPS) is 17.4. The molecule has 3 heteroatoms. The van der Waals surface area contributed by atoms with E-state index in [9.17, 15) is 0 Å². The van der Waals surface area contributed by atoms with Gasteiger partial charge in [0, 0.05) is 29.6 Å². The molecule has 0 aromatic rings. The molecule has 1 N–H and O–H groups in total. The van der Waals surface area contributed by atoms with E-state index >= 15 is 0 Å². The molecule has 1 aliphatic heterocycles. The Morgan fingerprint density at radius 3 is 2.54 bits per heavy atom. The molecule has 0 unspecified atom stereocenters. The molecule has 1 heterocycles. The van der Waals surface area contributed by atoms with E-state index in [1.807, 2.05) is 6.07 Å². The van der Waals surface area contributed by atoms with Crippen molar-refractivity contribution >= 4 is 11.6 Å². The van der Waals surface area contributed by atoms with Crippen LogP contribution in [0.5, 0.6) is 0 Å². The zero-order valence-electron chi connectivity index (χ0n) is 7.31. The average molecular weight is 195 g/mol. The number of nitriles is 1. The van der Waals surface area contributed by atoms with E-state index in [0.717, 1.165) is 18.7 Å². The molecule has 0 radical (unpaired) electrons. The first-order chi connectivity index (χ1) is 6.15. The Kier molecular flexibility index (Phi) is 3.30. The topological polar surface area (TPSA) is 35.8 Å². The molecule has 0 atom stereocenters. The van der Waals surface area contributed by atoms with Crippen LogP contribution in [0.3, 0.4) is 0 Å². The zero-order chi connectivity index (χ0) is 9.84. The molecule has 0 saturated carbocycles. The Bertz CT molecular complexity index is 305. The van der Waals surface area contributed by atoms with Gasteiger partial charge in [0.2, 0.25) is 0 Å². The second-order valence-electron chi connectivity index (χ2n) is 3.01. The highest BCUT2D eigenvalue weighted by Gasteiger charge is 2.21. The van der Waals surface area contributed by atoms with Crippen molar-refractivity contribution < 1.29 is 0 Å². The fourth-order valence-corrected chi connectivity index (χ4v) is 1.29. The second-order valence-corrected chi connectivity index (χ2v) is 3.42. The number of allylic oxidation sites excluding steroid dienone is 3. The maximum absolute atomic E-state index is 8.48. The molecular weight excluding hydrogens is 184 g/mol. The quantitative estimate of drug-likeness (QED) is 0.551. The number of hydrogen-bond acceptors (Lipinski definition) is 2. The molecular formula is C10H11ClN2. The van der Waals surface area contributed by atoms with Crippen molar-refractivity contribution in [3.05, 3.63) is 35.4 Å². The van der Waals surface area contributed by atoms with Gasteiger partial charge in [0.1, 0.15) is 0 Å². The van der Waals surface area contributed by atoms with Crippen LogP contribution in [0.25, 0.3) is 0 Å². The second kappa shape index (κ2) is 4.27. The molecule has 1 fully saturated rings. The van der Waals surface area contributed by atoms with Crippen molar-refractivity contribution in [2.45, 2.75) is 0 Å². The summed E-state index contributed by atoms with van der Waals surface area (Å²) >= 11 is 5.93. The smallest absolute Gasteiger partial charge is 0.0985 e. The molecule has 1 rings (SSSR count). The lowest BCUT2D eigenvalue weighted by molar-refractivity contribution is 0.405. The highest BCUT2D eigenvalue weighted by atomic mass is 35.5. The predicted molar refractivity (Wildman–Crippen MR) is 54.2 cm³/mol. The van der Waals surface area contributed by atoms with Crippen LogP contribution < -0.4 is 5.32 Å². The van der Waals surface area contributed by atoms with E-state index < -0.39 is 0 Å². The summed E-state index contributed by atoms with van der Waals surface area (Å²) < 4.78 is 0. The van der Waals surface area contributed by atoms with Crippen molar-refractivity contribution in [2.75, 3.05) is 13.1 Å². The minimum atomic E-state index is 0.360. The summed E-state index contributed by atoms with van der Waals surface area (Å²) in [7, 11) is 0. The predicted octanol–water partition coefficient (Wildman–Crippen LogP) is 1.96. The van der Waals surface area contributed by atoms with Crippen molar-refractivity contribution in [1.29, 1.82) is 5.26 Å². The van der Waals surface area contributed by atoms with Gasteiger partial charge in [0.25, 0.3) is 0 Å². The monoisotopic (exact) mass is 194 g/mol. The number of nitrogens with zero attached hydrogens (tertiary/aromatic N) is 1. The van der Waals surface area contributed by atoms with Gasteiger partial charge < -0.3 is 5.32 Å². The molecule has 0 aromatic carbocycles. The van der Waals surface area contributed by atoms with Gasteiger partial charge in [-0.1, -0.05) is 24.8 Å². The van der Waals surface area contributed by atoms with Crippen LogP contribution in [0.4, 0.5) is 0 Å². The van der Waals surface area contributed by atoms with Gasteiger partial charge >= 0.3 is 0 Å². The van der Waals surface area contributed by atoms with Crippen LogP contribution in [-0.2, 0) is 0 Å². The number of rotatable bonds is 3. The summed E-state index contributed by atoms with van der Waals surface area (Å²) in [4.78, 5) is 0. The largest absolute Gasteiger partial charge is 0.315 e. The standard InChI is InChI=1S/C10H11ClN2/c1-7(4-12)3-10(11)8(2)9-5-13-6-9/h3,9,13H,1-2,5-6H2/b10-3+. The third kappa shape index (κ3) is 2.45. The summed E-state index contributed by atoms with van der Waals surface area (Å²) in [5.41, 5.74) is 1.25. The summed E-state index contributed by atoms with van der Waals surface area (Å²) in [5.74, 6) is 0.412. The maximum Gasteiger partial charge on any atom is 0.0985 e. The fraction of sp³-hybridized carbons (Fsp3) is 0.300. The van der Waals surface area contributed by atoms with E-state index in [1.54, 1.807) is 6.08 Å². The molecule has 0 spiro atoms. The number of hydrogen-bond donors (Lipinski definition) is 1. The Morgan fingerprint density at radius 2 is 2.15 bits per heavy atom. The molecule has 13 heavy (non-hydrogen) atoms. The Labute approximate surface area is 83.2 Å². The van der Waals surface area contributed by atoms with Crippen molar-refractivity contribution in [3.8, 4) is 6.07 Å². The van der Waals surface area contributed by atoms with Gasteiger partial charge in [-0.15, -0.1) is 0 Å². The molecule has 2 nitrogen and oxygen atoms in total. The molecule has 0 bridgehead atoms. The minimum absolute atomic E-state index is 0.360. The Morgan fingerprint density at radius 1 is 1.54 bits per heavy atom. The minimum Gasteiger partial charge on any atom is -0.315 e. The fourth-order valence-electron chi connectivity index (χ4n) is 1.01. The van der Waals surface area contributed by atoms with E-state index in [2.05, 4.69) is 18.5 Å². The first kappa shape index (κ1) is 10.0. The lowest BCUT2D eigenvalue weighted by atomic mass is 9.94. The van der Waals surface area contributed by atoms with E-state index in [4.69, 9.17) is 16.9 Å². The molecule has 0 amide bonds. The van der Waals surface area contributed by atoms with Gasteiger partial charge in [0.15, 0.2) is 0 Å².